The minimum atomic E-state index is -0.369. The van der Waals surface area contributed by atoms with Gasteiger partial charge >= 0.3 is 5.97 Å². The maximum Gasteiger partial charge on any atom is 0.350 e. The summed E-state index contributed by atoms with van der Waals surface area (Å²) in [6.07, 6.45) is 0.756. The van der Waals surface area contributed by atoms with Crippen LogP contribution in [-0.4, -0.2) is 24.6 Å². The van der Waals surface area contributed by atoms with Crippen LogP contribution in [0.25, 0.3) is 0 Å². The van der Waals surface area contributed by atoms with Gasteiger partial charge in [0.15, 0.2) is 5.13 Å². The van der Waals surface area contributed by atoms with Crippen LogP contribution in [0.15, 0.2) is 24.3 Å². The molecule has 2 rings (SSSR count). The summed E-state index contributed by atoms with van der Waals surface area (Å²) >= 11 is 1.27. The monoisotopic (exact) mass is 294 g/mol. The number of methoxy groups -OCH3 is 1. The molecule has 0 unspecified atom stereocenters. The highest BCUT2D eigenvalue weighted by molar-refractivity contribution is 7.17. The number of halogens is 1. The number of nitrogens with zero attached hydrogens (tertiary/aromatic N) is 1. The summed E-state index contributed by atoms with van der Waals surface area (Å²) < 4.78 is 17.4. The lowest BCUT2D eigenvalue weighted by atomic mass is 10.1. The molecule has 0 atom stereocenters. The number of aromatic nitrogens is 1. The van der Waals surface area contributed by atoms with Gasteiger partial charge in [0.2, 0.25) is 0 Å². The van der Waals surface area contributed by atoms with Crippen molar-refractivity contribution in [1.29, 1.82) is 0 Å². The number of anilines is 1. The Morgan fingerprint density at radius 1 is 1.40 bits per heavy atom. The Bertz CT molecular complexity index is 596. The number of esters is 1. The van der Waals surface area contributed by atoms with Gasteiger partial charge in [-0.15, -0.1) is 0 Å². The molecular weight excluding hydrogens is 279 g/mol. The molecule has 1 aromatic heterocycles. The van der Waals surface area contributed by atoms with Crippen LogP contribution < -0.4 is 5.32 Å². The van der Waals surface area contributed by atoms with E-state index in [9.17, 15) is 9.18 Å². The third-order valence-electron chi connectivity index (χ3n) is 2.77. The summed E-state index contributed by atoms with van der Waals surface area (Å²) in [5.74, 6) is -0.605. The van der Waals surface area contributed by atoms with Crippen LogP contribution in [0.5, 0.6) is 0 Å². The Balaban J connectivity index is 1.91. The molecule has 0 bridgehead atoms. The zero-order chi connectivity index (χ0) is 14.5. The summed E-state index contributed by atoms with van der Waals surface area (Å²) in [5.41, 5.74) is 1.70. The summed E-state index contributed by atoms with van der Waals surface area (Å²) in [4.78, 5) is 16.2. The maximum atomic E-state index is 12.8. The highest BCUT2D eigenvalue weighted by Crippen LogP contribution is 2.23. The van der Waals surface area contributed by atoms with Crippen molar-refractivity contribution in [1.82, 2.24) is 4.98 Å². The van der Waals surface area contributed by atoms with Gasteiger partial charge in [-0.2, -0.15) is 0 Å². The molecule has 4 nitrogen and oxygen atoms in total. The van der Waals surface area contributed by atoms with Crippen molar-refractivity contribution in [2.75, 3.05) is 19.0 Å². The standard InChI is InChI=1S/C14H15FN2O2S/c1-9-12(13(18)19-2)20-14(17-9)16-8-7-10-3-5-11(15)6-4-10/h3-6H,7-8H2,1-2H3,(H,16,17). The van der Waals surface area contributed by atoms with Crippen LogP contribution in [0.4, 0.5) is 9.52 Å². The fourth-order valence-corrected chi connectivity index (χ4v) is 2.63. The van der Waals surface area contributed by atoms with Gasteiger partial charge < -0.3 is 10.1 Å². The second kappa shape index (κ2) is 6.47. The number of carbonyl (C=O) groups is 1. The Morgan fingerprint density at radius 3 is 2.75 bits per heavy atom. The molecule has 0 radical (unpaired) electrons. The van der Waals surface area contributed by atoms with Crippen molar-refractivity contribution in [3.05, 3.63) is 46.2 Å². The highest BCUT2D eigenvalue weighted by atomic mass is 32.1. The van der Waals surface area contributed by atoms with Gasteiger partial charge in [0.1, 0.15) is 10.7 Å². The lowest BCUT2D eigenvalue weighted by Gasteiger charge is -2.02. The molecule has 0 amide bonds. The molecule has 0 saturated heterocycles. The summed E-state index contributed by atoms with van der Waals surface area (Å²) in [6, 6.07) is 6.39. The normalized spacial score (nSPS) is 10.3. The van der Waals surface area contributed by atoms with Gasteiger partial charge in [0, 0.05) is 6.54 Å². The van der Waals surface area contributed by atoms with Crippen molar-refractivity contribution < 1.29 is 13.9 Å². The van der Waals surface area contributed by atoms with Crippen LogP contribution in [0.2, 0.25) is 0 Å². The highest BCUT2D eigenvalue weighted by Gasteiger charge is 2.15. The third kappa shape index (κ3) is 3.54. The van der Waals surface area contributed by atoms with E-state index in [1.54, 1.807) is 19.1 Å². The lowest BCUT2D eigenvalue weighted by Crippen LogP contribution is -2.04. The largest absolute Gasteiger partial charge is 0.465 e. The smallest absolute Gasteiger partial charge is 0.350 e. The molecule has 0 spiro atoms. The molecule has 0 aliphatic carbocycles. The van der Waals surface area contributed by atoms with Crippen molar-refractivity contribution in [3.63, 3.8) is 0 Å². The summed E-state index contributed by atoms with van der Waals surface area (Å²) in [5, 5.41) is 3.84. The number of nitrogens with one attached hydrogen (secondary N) is 1. The summed E-state index contributed by atoms with van der Waals surface area (Å²) in [7, 11) is 1.35. The van der Waals surface area contributed by atoms with Gasteiger partial charge in [-0.1, -0.05) is 23.5 Å². The zero-order valence-corrected chi connectivity index (χ0v) is 12.1. The molecule has 20 heavy (non-hydrogen) atoms. The van der Waals surface area contributed by atoms with E-state index in [1.165, 1.54) is 30.6 Å². The molecule has 0 saturated carbocycles. The Labute approximate surface area is 120 Å². The number of carbonyl (C=O) groups excluding carboxylic acids is 1. The predicted octanol–water partition coefficient (Wildman–Crippen LogP) is 3.03. The molecule has 0 aliphatic heterocycles. The second-order valence-electron chi connectivity index (χ2n) is 4.23. The van der Waals surface area contributed by atoms with Crippen LogP contribution in [0, 0.1) is 12.7 Å². The third-order valence-corrected chi connectivity index (χ3v) is 3.87. The first kappa shape index (κ1) is 14.5. The Kier molecular flexibility index (Phi) is 4.68. The van der Waals surface area contributed by atoms with Crippen molar-refractivity contribution in [2.45, 2.75) is 13.3 Å². The van der Waals surface area contributed by atoms with Gasteiger partial charge in [-0.05, 0) is 31.0 Å². The van der Waals surface area contributed by atoms with E-state index in [4.69, 9.17) is 0 Å². The van der Waals surface area contributed by atoms with Gasteiger partial charge in [0.25, 0.3) is 0 Å². The first-order chi connectivity index (χ1) is 9.60. The quantitative estimate of drug-likeness (QED) is 0.861. The molecule has 1 heterocycles. The number of aryl methyl sites for hydroxylation is 1. The molecule has 6 heteroatoms. The molecule has 0 aliphatic rings. The van der Waals surface area contributed by atoms with Crippen LogP contribution in [0.3, 0.4) is 0 Å². The molecule has 1 N–H and O–H groups in total. The second-order valence-corrected chi connectivity index (χ2v) is 5.23. The van der Waals surface area contributed by atoms with E-state index in [1.807, 2.05) is 0 Å². The van der Waals surface area contributed by atoms with Gasteiger partial charge in [0.05, 0.1) is 12.8 Å². The minimum Gasteiger partial charge on any atom is -0.465 e. The summed E-state index contributed by atoms with van der Waals surface area (Å²) in [6.45, 7) is 2.44. The Hall–Kier alpha value is -1.95. The first-order valence-corrected chi connectivity index (χ1v) is 6.96. The van der Waals surface area contributed by atoms with Crippen molar-refractivity contribution >= 4 is 22.4 Å². The molecule has 106 valence electrons. The molecule has 2 aromatic rings. The maximum absolute atomic E-state index is 12.8. The average molecular weight is 294 g/mol. The molecule has 0 fully saturated rings. The number of thiazole rings is 1. The minimum absolute atomic E-state index is 0.236. The fraction of sp³-hybridized carbons (Fsp3) is 0.286. The average Bonchev–Trinajstić information content (AvgIpc) is 2.81. The zero-order valence-electron chi connectivity index (χ0n) is 11.3. The van der Waals surface area contributed by atoms with E-state index in [2.05, 4.69) is 15.0 Å². The SMILES string of the molecule is COC(=O)c1sc(NCCc2ccc(F)cc2)nc1C. The molecule has 1 aromatic carbocycles. The number of hydrogen-bond donors (Lipinski definition) is 1. The van der Waals surface area contributed by atoms with E-state index in [-0.39, 0.29) is 11.8 Å². The number of benzene rings is 1. The Morgan fingerprint density at radius 2 is 2.10 bits per heavy atom. The first-order valence-electron chi connectivity index (χ1n) is 6.14. The van der Waals surface area contributed by atoms with E-state index in [0.29, 0.717) is 22.2 Å². The topological polar surface area (TPSA) is 51.2 Å². The predicted molar refractivity (Wildman–Crippen MR) is 76.8 cm³/mol. The van der Waals surface area contributed by atoms with Crippen LogP contribution in [0.1, 0.15) is 20.9 Å². The number of hydrogen-bond acceptors (Lipinski definition) is 5. The van der Waals surface area contributed by atoms with Gasteiger partial charge in [-0.3, -0.25) is 0 Å². The lowest BCUT2D eigenvalue weighted by molar-refractivity contribution is 0.0605. The number of ether oxygens (including phenoxy) is 1. The van der Waals surface area contributed by atoms with E-state index in [0.717, 1.165) is 12.0 Å². The fourth-order valence-electron chi connectivity index (χ4n) is 1.72. The molecular formula is C14H15FN2O2S. The van der Waals surface area contributed by atoms with Crippen molar-refractivity contribution in [2.24, 2.45) is 0 Å². The van der Waals surface area contributed by atoms with E-state index < -0.39 is 0 Å². The van der Waals surface area contributed by atoms with Crippen LogP contribution in [-0.2, 0) is 11.2 Å². The number of rotatable bonds is 5. The van der Waals surface area contributed by atoms with E-state index >= 15 is 0 Å². The van der Waals surface area contributed by atoms with Crippen molar-refractivity contribution in [3.8, 4) is 0 Å². The van der Waals surface area contributed by atoms with Gasteiger partial charge in [-0.25, -0.2) is 14.2 Å². The van der Waals surface area contributed by atoms with Crippen LogP contribution >= 0.6 is 11.3 Å².